The van der Waals surface area contributed by atoms with Crippen LogP contribution in [-0.4, -0.2) is 51.4 Å². The number of anilines is 1. The Kier molecular flexibility index (Phi) is 5.37. The van der Waals surface area contributed by atoms with Gasteiger partial charge in [-0.3, -0.25) is 19.4 Å². The molecule has 3 aromatic rings. The number of amides is 2. The van der Waals surface area contributed by atoms with Gasteiger partial charge in [0, 0.05) is 49.2 Å². The first-order chi connectivity index (χ1) is 16.0. The number of benzene rings is 1. The Hall–Kier alpha value is -4.01. The summed E-state index contributed by atoms with van der Waals surface area (Å²) in [6.07, 6.45) is 5.18. The molecule has 9 heteroatoms. The van der Waals surface area contributed by atoms with Crippen molar-refractivity contribution < 1.29 is 14.3 Å². The highest BCUT2D eigenvalue weighted by molar-refractivity contribution is 6.02. The summed E-state index contributed by atoms with van der Waals surface area (Å²) < 4.78 is 6.91. The van der Waals surface area contributed by atoms with Gasteiger partial charge >= 0.3 is 0 Å². The van der Waals surface area contributed by atoms with Crippen LogP contribution in [0.5, 0.6) is 5.75 Å². The molecule has 2 aromatic heterocycles. The van der Waals surface area contributed by atoms with E-state index in [1.165, 1.54) is 18.6 Å². The molecule has 2 aliphatic rings. The van der Waals surface area contributed by atoms with Crippen molar-refractivity contribution in [3.05, 3.63) is 82.3 Å². The van der Waals surface area contributed by atoms with Crippen LogP contribution in [0.15, 0.2) is 59.8 Å². The van der Waals surface area contributed by atoms with E-state index < -0.39 is 5.91 Å². The molecule has 33 heavy (non-hydrogen) atoms. The van der Waals surface area contributed by atoms with Crippen molar-refractivity contribution in [1.29, 1.82) is 0 Å². The number of nitrogens with zero attached hydrogens (tertiary/aromatic N) is 4. The molecule has 5 rings (SSSR count). The summed E-state index contributed by atoms with van der Waals surface area (Å²) in [7, 11) is 1.59. The number of methoxy groups -OCH3 is 1. The van der Waals surface area contributed by atoms with E-state index in [0.717, 1.165) is 12.1 Å². The quantitative estimate of drug-likeness (QED) is 0.660. The molecule has 2 aliphatic heterocycles. The average Bonchev–Trinajstić information content (AvgIpc) is 2.86. The van der Waals surface area contributed by atoms with Gasteiger partial charge in [-0.25, -0.2) is 4.98 Å². The SMILES string of the molecule is COc1ccc(C(=O)N2C[C@H]3C[C@H](C2)c2ccc(NC(=O)c4cnccn4)c(=O)n2C3)cc1. The van der Waals surface area contributed by atoms with Gasteiger partial charge in [0.1, 0.15) is 17.1 Å². The summed E-state index contributed by atoms with van der Waals surface area (Å²) in [5.74, 6) is 0.445. The molecule has 0 spiro atoms. The van der Waals surface area contributed by atoms with Gasteiger partial charge in [0.25, 0.3) is 17.4 Å². The molecule has 9 nitrogen and oxygen atoms in total. The van der Waals surface area contributed by atoms with Crippen LogP contribution in [0.1, 0.15) is 38.9 Å². The number of hydrogen-bond donors (Lipinski definition) is 1. The maximum absolute atomic E-state index is 13.1. The molecule has 0 radical (unpaired) electrons. The smallest absolute Gasteiger partial charge is 0.276 e. The molecule has 2 bridgehead atoms. The predicted octanol–water partition coefficient (Wildman–Crippen LogP) is 2.16. The predicted molar refractivity (Wildman–Crippen MR) is 120 cm³/mol. The van der Waals surface area contributed by atoms with Crippen LogP contribution in [0.4, 0.5) is 5.69 Å². The van der Waals surface area contributed by atoms with E-state index in [4.69, 9.17) is 4.74 Å². The van der Waals surface area contributed by atoms with Crippen molar-refractivity contribution in [3.8, 4) is 5.75 Å². The monoisotopic (exact) mass is 445 g/mol. The molecule has 1 fully saturated rings. The molecule has 0 unspecified atom stereocenters. The summed E-state index contributed by atoms with van der Waals surface area (Å²) in [5.41, 5.74) is 1.62. The lowest BCUT2D eigenvalue weighted by atomic mass is 9.83. The fourth-order valence-electron chi connectivity index (χ4n) is 4.73. The Morgan fingerprint density at radius 1 is 1.06 bits per heavy atom. The maximum atomic E-state index is 13.1. The summed E-state index contributed by atoms with van der Waals surface area (Å²) >= 11 is 0. The zero-order valence-electron chi connectivity index (χ0n) is 18.1. The topological polar surface area (TPSA) is 106 Å². The summed E-state index contributed by atoms with van der Waals surface area (Å²) in [4.78, 5) is 48.3. The van der Waals surface area contributed by atoms with Crippen molar-refractivity contribution in [1.82, 2.24) is 19.4 Å². The van der Waals surface area contributed by atoms with Crippen LogP contribution >= 0.6 is 0 Å². The zero-order chi connectivity index (χ0) is 22.9. The number of likely N-dealkylation sites (tertiary alicyclic amines) is 1. The Morgan fingerprint density at radius 3 is 2.61 bits per heavy atom. The number of aromatic nitrogens is 3. The molecule has 1 aromatic carbocycles. The van der Waals surface area contributed by atoms with E-state index >= 15 is 0 Å². The van der Waals surface area contributed by atoms with Gasteiger partial charge in [-0.1, -0.05) is 0 Å². The van der Waals surface area contributed by atoms with Crippen LogP contribution in [0.25, 0.3) is 0 Å². The summed E-state index contributed by atoms with van der Waals surface area (Å²) in [5, 5.41) is 2.65. The zero-order valence-corrected chi connectivity index (χ0v) is 18.1. The Morgan fingerprint density at radius 2 is 1.88 bits per heavy atom. The van der Waals surface area contributed by atoms with E-state index in [2.05, 4.69) is 15.3 Å². The fraction of sp³-hybridized carbons (Fsp3) is 0.292. The van der Waals surface area contributed by atoms with Crippen molar-refractivity contribution in [2.75, 3.05) is 25.5 Å². The van der Waals surface area contributed by atoms with E-state index in [0.29, 0.717) is 30.9 Å². The van der Waals surface area contributed by atoms with Gasteiger partial charge in [0.2, 0.25) is 0 Å². The normalized spacial score (nSPS) is 18.9. The maximum Gasteiger partial charge on any atom is 0.276 e. The van der Waals surface area contributed by atoms with Crippen LogP contribution in [0.3, 0.4) is 0 Å². The number of carbonyl (C=O) groups excluding carboxylic acids is 2. The van der Waals surface area contributed by atoms with E-state index in [1.807, 2.05) is 11.0 Å². The molecule has 168 valence electrons. The highest BCUT2D eigenvalue weighted by Crippen LogP contribution is 2.36. The minimum Gasteiger partial charge on any atom is -0.497 e. The number of hydrogen-bond acceptors (Lipinski definition) is 6. The fourth-order valence-corrected chi connectivity index (χ4v) is 4.73. The van der Waals surface area contributed by atoms with Crippen molar-refractivity contribution in [2.24, 2.45) is 5.92 Å². The molecule has 1 saturated heterocycles. The largest absolute Gasteiger partial charge is 0.497 e. The van der Waals surface area contributed by atoms with E-state index in [1.54, 1.807) is 42.0 Å². The molecule has 2 atom stereocenters. The molecule has 0 aliphatic carbocycles. The lowest BCUT2D eigenvalue weighted by Crippen LogP contribution is -2.49. The summed E-state index contributed by atoms with van der Waals surface area (Å²) in [6.45, 7) is 1.64. The van der Waals surface area contributed by atoms with Crippen molar-refractivity contribution >= 4 is 17.5 Å². The van der Waals surface area contributed by atoms with Crippen molar-refractivity contribution in [3.63, 3.8) is 0 Å². The molecular weight excluding hydrogens is 422 g/mol. The van der Waals surface area contributed by atoms with Gasteiger partial charge in [-0.15, -0.1) is 0 Å². The third kappa shape index (κ3) is 3.97. The van der Waals surface area contributed by atoms with Gasteiger partial charge in [0.05, 0.1) is 13.3 Å². The minimum absolute atomic E-state index is 0.0176. The van der Waals surface area contributed by atoms with Gasteiger partial charge < -0.3 is 19.5 Å². The van der Waals surface area contributed by atoms with Crippen LogP contribution in [0.2, 0.25) is 0 Å². The highest BCUT2D eigenvalue weighted by Gasteiger charge is 2.37. The molecule has 4 heterocycles. The third-order valence-electron chi connectivity index (χ3n) is 6.27. The standard InChI is InChI=1S/C24H23N5O4/c1-33-18-4-2-16(3-5-18)23(31)28-12-15-10-17(14-28)21-7-6-19(24(32)29(21)13-15)27-22(30)20-11-25-8-9-26-20/h2-9,11,15,17H,10,12-14H2,1H3,(H,27,30)/t15-,17-/m1/s1. The molecule has 2 amide bonds. The number of piperidine rings is 1. The second kappa shape index (κ2) is 8.50. The van der Waals surface area contributed by atoms with E-state index in [9.17, 15) is 14.4 Å². The lowest BCUT2D eigenvalue weighted by Gasteiger charge is -2.43. The first kappa shape index (κ1) is 20.9. The van der Waals surface area contributed by atoms with Crippen molar-refractivity contribution in [2.45, 2.75) is 18.9 Å². The number of carbonyl (C=O) groups is 2. The van der Waals surface area contributed by atoms with Gasteiger partial charge in [0.15, 0.2) is 0 Å². The van der Waals surface area contributed by atoms with Gasteiger partial charge in [-0.2, -0.15) is 0 Å². The molecular formula is C24H23N5O4. The number of pyridine rings is 1. The minimum atomic E-state index is -0.479. The second-order valence-corrected chi connectivity index (χ2v) is 8.37. The third-order valence-corrected chi connectivity index (χ3v) is 6.27. The number of rotatable bonds is 4. The average molecular weight is 445 g/mol. The number of nitrogens with one attached hydrogen (secondary N) is 1. The van der Waals surface area contributed by atoms with Crippen LogP contribution < -0.4 is 15.6 Å². The number of ether oxygens (including phenoxy) is 1. The Balaban J connectivity index is 1.36. The Labute approximate surface area is 190 Å². The lowest BCUT2D eigenvalue weighted by molar-refractivity contribution is 0.0594. The Bertz CT molecular complexity index is 1260. The highest BCUT2D eigenvalue weighted by atomic mass is 16.5. The molecule has 1 N–H and O–H groups in total. The van der Waals surface area contributed by atoms with Gasteiger partial charge in [-0.05, 0) is 48.7 Å². The summed E-state index contributed by atoms with van der Waals surface area (Å²) in [6, 6.07) is 10.6. The van der Waals surface area contributed by atoms with Crippen LogP contribution in [0, 0.1) is 5.92 Å². The second-order valence-electron chi connectivity index (χ2n) is 8.37. The first-order valence-corrected chi connectivity index (χ1v) is 10.8. The van der Waals surface area contributed by atoms with E-state index in [-0.39, 0.29) is 34.7 Å². The molecule has 0 saturated carbocycles. The van der Waals surface area contributed by atoms with Crippen LogP contribution in [-0.2, 0) is 6.54 Å². The first-order valence-electron chi connectivity index (χ1n) is 10.8. The number of fused-ring (bicyclic) bond motifs is 4.